The largest absolute Gasteiger partial charge is 0.356 e. The van der Waals surface area contributed by atoms with Gasteiger partial charge in [-0.15, -0.1) is 0 Å². The Hall–Kier alpha value is -4.56. The van der Waals surface area contributed by atoms with Crippen molar-refractivity contribution in [1.29, 1.82) is 0 Å². The first-order valence-corrected chi connectivity index (χ1v) is 14.3. The highest BCUT2D eigenvalue weighted by atomic mass is 14.9. The van der Waals surface area contributed by atoms with Crippen LogP contribution in [0.2, 0.25) is 0 Å². The number of anilines is 3. The lowest BCUT2D eigenvalue weighted by Gasteiger charge is -2.26. The molecule has 2 nitrogen and oxygen atoms in total. The van der Waals surface area contributed by atoms with Crippen molar-refractivity contribution in [1.82, 2.24) is 0 Å². The zero-order valence-corrected chi connectivity index (χ0v) is 23.2. The summed E-state index contributed by atoms with van der Waals surface area (Å²) in [4.78, 5) is 0. The Morgan fingerprint density at radius 2 is 1.43 bits per heavy atom. The van der Waals surface area contributed by atoms with E-state index in [1.807, 2.05) is 6.07 Å². The smallest absolute Gasteiger partial charge is 0.0463 e. The summed E-state index contributed by atoms with van der Waals surface area (Å²) < 4.78 is 0. The number of allylic oxidation sites excluding steroid dienone is 7. The molecule has 6 rings (SSSR count). The normalized spacial score (nSPS) is 19.8. The predicted octanol–water partition coefficient (Wildman–Crippen LogP) is 10.5. The summed E-state index contributed by atoms with van der Waals surface area (Å²) in [7, 11) is 0. The maximum absolute atomic E-state index is 3.75. The van der Waals surface area contributed by atoms with Crippen molar-refractivity contribution in [2.75, 3.05) is 10.6 Å². The average Bonchev–Trinajstić information content (AvgIpc) is 2.99. The summed E-state index contributed by atoms with van der Waals surface area (Å²) in [6.07, 6.45) is 16.9. The third kappa shape index (κ3) is 5.72. The molecule has 2 aliphatic rings. The summed E-state index contributed by atoms with van der Waals surface area (Å²) in [6, 6.07) is 34.7. The molecule has 0 aliphatic heterocycles. The van der Waals surface area contributed by atoms with E-state index in [1.165, 1.54) is 39.2 Å². The minimum absolute atomic E-state index is 0.317. The molecule has 2 aliphatic carbocycles. The van der Waals surface area contributed by atoms with Crippen LogP contribution in [0.15, 0.2) is 145 Å². The standard InChI is InChI=1S/C38H36N2/c1-27-12-10-18-33(24-27)40-38-23-22-30(26-36(38)34-19-7-6-13-28(34)2)29-14-11-15-31(25-29)35-20-8-9-21-37(35)39-32-16-4-3-5-17-32/h3-11,13-28,34,39-40H,12H2,1-2H3. The molecular formula is C38H36N2. The van der Waals surface area contributed by atoms with E-state index in [-0.39, 0.29) is 0 Å². The highest BCUT2D eigenvalue weighted by Gasteiger charge is 2.21. The number of hydrogen-bond donors (Lipinski definition) is 2. The molecule has 40 heavy (non-hydrogen) atoms. The van der Waals surface area contributed by atoms with E-state index < -0.39 is 0 Å². The van der Waals surface area contributed by atoms with Gasteiger partial charge in [-0.1, -0.05) is 111 Å². The molecule has 0 spiro atoms. The second kappa shape index (κ2) is 11.7. The van der Waals surface area contributed by atoms with Gasteiger partial charge in [0, 0.05) is 34.2 Å². The van der Waals surface area contributed by atoms with Crippen LogP contribution in [-0.2, 0) is 0 Å². The van der Waals surface area contributed by atoms with Crippen LogP contribution in [0.4, 0.5) is 17.1 Å². The Morgan fingerprint density at radius 1 is 0.650 bits per heavy atom. The number of hydrogen-bond acceptors (Lipinski definition) is 2. The van der Waals surface area contributed by atoms with Gasteiger partial charge in [-0.3, -0.25) is 0 Å². The van der Waals surface area contributed by atoms with Crippen LogP contribution >= 0.6 is 0 Å². The zero-order valence-electron chi connectivity index (χ0n) is 23.2. The molecule has 0 saturated carbocycles. The molecule has 2 heteroatoms. The van der Waals surface area contributed by atoms with Crippen LogP contribution < -0.4 is 10.6 Å². The fraction of sp³-hybridized carbons (Fsp3) is 0.158. The lowest BCUT2D eigenvalue weighted by atomic mass is 9.82. The summed E-state index contributed by atoms with van der Waals surface area (Å²) in [5, 5.41) is 7.36. The number of benzene rings is 4. The van der Waals surface area contributed by atoms with Crippen LogP contribution in [-0.4, -0.2) is 0 Å². The number of para-hydroxylation sites is 2. The molecule has 198 valence electrons. The Morgan fingerprint density at radius 3 is 2.27 bits per heavy atom. The van der Waals surface area contributed by atoms with Gasteiger partial charge in [0.05, 0.1) is 0 Å². The maximum atomic E-state index is 3.75. The third-order valence-corrected chi connectivity index (χ3v) is 7.86. The van der Waals surface area contributed by atoms with E-state index in [1.54, 1.807) is 0 Å². The molecule has 2 N–H and O–H groups in total. The van der Waals surface area contributed by atoms with Crippen LogP contribution in [0.1, 0.15) is 31.7 Å². The molecule has 0 bridgehead atoms. The minimum atomic E-state index is 0.317. The van der Waals surface area contributed by atoms with Crippen molar-refractivity contribution in [3.05, 3.63) is 151 Å². The van der Waals surface area contributed by atoms with Crippen LogP contribution in [0.25, 0.3) is 22.3 Å². The van der Waals surface area contributed by atoms with Gasteiger partial charge in [0.25, 0.3) is 0 Å². The maximum Gasteiger partial charge on any atom is 0.0463 e. The lowest BCUT2D eigenvalue weighted by molar-refractivity contribution is 0.636. The molecule has 0 amide bonds. The molecule has 3 atom stereocenters. The van der Waals surface area contributed by atoms with Gasteiger partial charge >= 0.3 is 0 Å². The lowest BCUT2D eigenvalue weighted by Crippen LogP contribution is -2.12. The van der Waals surface area contributed by atoms with Gasteiger partial charge in [0.2, 0.25) is 0 Å². The van der Waals surface area contributed by atoms with E-state index in [4.69, 9.17) is 0 Å². The monoisotopic (exact) mass is 520 g/mol. The number of nitrogens with one attached hydrogen (secondary N) is 2. The molecular weight excluding hydrogens is 484 g/mol. The first-order valence-electron chi connectivity index (χ1n) is 14.3. The van der Waals surface area contributed by atoms with Gasteiger partial charge in [0.1, 0.15) is 0 Å². The van der Waals surface area contributed by atoms with E-state index >= 15 is 0 Å². The molecule has 4 aromatic rings. The third-order valence-electron chi connectivity index (χ3n) is 7.86. The second-order valence-corrected chi connectivity index (χ2v) is 10.9. The molecule has 0 aromatic heterocycles. The quantitative estimate of drug-likeness (QED) is 0.253. The highest BCUT2D eigenvalue weighted by molar-refractivity contribution is 5.84. The van der Waals surface area contributed by atoms with Gasteiger partial charge in [-0.2, -0.15) is 0 Å². The highest BCUT2D eigenvalue weighted by Crippen LogP contribution is 2.39. The van der Waals surface area contributed by atoms with Crippen LogP contribution in [0.5, 0.6) is 0 Å². The van der Waals surface area contributed by atoms with Crippen LogP contribution in [0, 0.1) is 11.8 Å². The van der Waals surface area contributed by atoms with Crippen molar-refractivity contribution in [2.24, 2.45) is 11.8 Å². The van der Waals surface area contributed by atoms with Crippen molar-refractivity contribution < 1.29 is 0 Å². The predicted molar refractivity (Wildman–Crippen MR) is 172 cm³/mol. The van der Waals surface area contributed by atoms with Crippen LogP contribution in [0.3, 0.4) is 0 Å². The number of rotatable bonds is 7. The van der Waals surface area contributed by atoms with Crippen molar-refractivity contribution >= 4 is 17.1 Å². The zero-order chi connectivity index (χ0) is 27.3. The first kappa shape index (κ1) is 25.7. The van der Waals surface area contributed by atoms with Crippen molar-refractivity contribution in [3.8, 4) is 22.3 Å². The van der Waals surface area contributed by atoms with Gasteiger partial charge in [-0.05, 0) is 83.0 Å². The SMILES string of the molecule is CC1C=C(Nc2ccc(-c3cccc(-c4ccccc4Nc4ccccc4)c3)cc2C2C=CC=CC2C)C=CC1. The average molecular weight is 521 g/mol. The van der Waals surface area contributed by atoms with Crippen molar-refractivity contribution in [3.63, 3.8) is 0 Å². The Balaban J connectivity index is 1.37. The van der Waals surface area contributed by atoms with Gasteiger partial charge < -0.3 is 10.6 Å². The second-order valence-electron chi connectivity index (χ2n) is 10.9. The molecule has 4 aromatic carbocycles. The topological polar surface area (TPSA) is 24.1 Å². The van der Waals surface area contributed by atoms with Gasteiger partial charge in [-0.25, -0.2) is 0 Å². The molecule has 3 unspecified atom stereocenters. The molecule has 0 saturated heterocycles. The fourth-order valence-electron chi connectivity index (χ4n) is 5.70. The van der Waals surface area contributed by atoms with E-state index in [0.717, 1.165) is 17.8 Å². The molecule has 0 heterocycles. The summed E-state index contributed by atoms with van der Waals surface area (Å²) >= 11 is 0. The summed E-state index contributed by atoms with van der Waals surface area (Å²) in [5.41, 5.74) is 10.7. The molecule has 0 fully saturated rings. The minimum Gasteiger partial charge on any atom is -0.356 e. The Labute approximate surface area is 238 Å². The van der Waals surface area contributed by atoms with Crippen molar-refractivity contribution in [2.45, 2.75) is 26.2 Å². The first-order chi connectivity index (χ1) is 19.6. The summed E-state index contributed by atoms with van der Waals surface area (Å²) in [5.74, 6) is 1.29. The molecule has 0 radical (unpaired) electrons. The van der Waals surface area contributed by atoms with E-state index in [0.29, 0.717) is 17.8 Å². The summed E-state index contributed by atoms with van der Waals surface area (Å²) in [6.45, 7) is 4.58. The Kier molecular flexibility index (Phi) is 7.50. The Bertz CT molecular complexity index is 1610. The van der Waals surface area contributed by atoms with E-state index in [9.17, 15) is 0 Å². The fourth-order valence-corrected chi connectivity index (χ4v) is 5.70. The van der Waals surface area contributed by atoms with Gasteiger partial charge in [0.15, 0.2) is 0 Å². The van der Waals surface area contributed by atoms with E-state index in [2.05, 4.69) is 158 Å².